The van der Waals surface area contributed by atoms with Crippen LogP contribution < -0.4 is 5.32 Å². The summed E-state index contributed by atoms with van der Waals surface area (Å²) in [4.78, 5) is 25.1. The van der Waals surface area contributed by atoms with Gasteiger partial charge in [0.15, 0.2) is 12.2 Å². The first kappa shape index (κ1) is 20.8. The van der Waals surface area contributed by atoms with E-state index in [9.17, 15) is 9.59 Å². The number of esters is 1. The van der Waals surface area contributed by atoms with E-state index < -0.39 is 18.2 Å². The second-order valence-corrected chi connectivity index (χ2v) is 8.04. The van der Waals surface area contributed by atoms with Crippen LogP contribution in [0.15, 0.2) is 18.2 Å². The molecule has 1 aliphatic heterocycles. The van der Waals surface area contributed by atoms with Crippen molar-refractivity contribution < 1.29 is 23.8 Å². The minimum atomic E-state index is -0.866. The van der Waals surface area contributed by atoms with Crippen LogP contribution in [0.4, 0.5) is 5.69 Å². The summed E-state index contributed by atoms with van der Waals surface area (Å²) in [5.41, 5.74) is 3.38. The number of amides is 1. The Morgan fingerprint density at radius 3 is 2.68 bits per heavy atom. The molecule has 0 radical (unpaired) electrons. The van der Waals surface area contributed by atoms with E-state index >= 15 is 0 Å². The van der Waals surface area contributed by atoms with Gasteiger partial charge in [0.25, 0.3) is 5.91 Å². The molecular formula is C22H31NO5. The van der Waals surface area contributed by atoms with Crippen LogP contribution >= 0.6 is 0 Å². The molecule has 0 saturated carbocycles. The van der Waals surface area contributed by atoms with E-state index in [2.05, 4.69) is 11.4 Å². The highest BCUT2D eigenvalue weighted by atomic mass is 16.6. The Kier molecular flexibility index (Phi) is 7.08. The maximum atomic E-state index is 12.7. The summed E-state index contributed by atoms with van der Waals surface area (Å²) < 4.78 is 16.6. The number of fused-ring (bicyclic) bond motifs is 1. The molecule has 3 unspecified atom stereocenters. The lowest BCUT2D eigenvalue weighted by Gasteiger charge is -2.23. The smallest absolute Gasteiger partial charge is 0.335 e. The highest BCUT2D eigenvalue weighted by Gasteiger charge is 2.30. The van der Waals surface area contributed by atoms with Crippen LogP contribution in [-0.4, -0.2) is 43.4 Å². The van der Waals surface area contributed by atoms with Gasteiger partial charge < -0.3 is 19.5 Å². The Balaban J connectivity index is 1.54. The van der Waals surface area contributed by atoms with Crippen molar-refractivity contribution in [1.29, 1.82) is 0 Å². The van der Waals surface area contributed by atoms with Crippen LogP contribution in [0.3, 0.4) is 0 Å². The summed E-state index contributed by atoms with van der Waals surface area (Å²) in [6, 6.07) is 6.00. The number of anilines is 1. The van der Waals surface area contributed by atoms with Gasteiger partial charge in [0.05, 0.1) is 12.7 Å². The molecule has 3 rings (SSSR count). The van der Waals surface area contributed by atoms with Crippen LogP contribution in [0.2, 0.25) is 0 Å². The van der Waals surface area contributed by atoms with Crippen molar-refractivity contribution in [2.75, 3.05) is 18.5 Å². The first-order valence-electron chi connectivity index (χ1n) is 10.3. The average molecular weight is 389 g/mol. The van der Waals surface area contributed by atoms with E-state index in [1.807, 2.05) is 26.0 Å². The largest absolute Gasteiger partial charge is 0.450 e. The number of ether oxygens (including phenoxy) is 3. The summed E-state index contributed by atoms with van der Waals surface area (Å²) in [6.45, 7) is 6.47. The van der Waals surface area contributed by atoms with Crippen LogP contribution in [0.1, 0.15) is 51.2 Å². The molecular weight excluding hydrogens is 358 g/mol. The molecule has 1 N–H and O–H groups in total. The van der Waals surface area contributed by atoms with Crippen LogP contribution in [0, 0.1) is 5.92 Å². The minimum absolute atomic E-state index is 0.0410. The van der Waals surface area contributed by atoms with E-state index in [1.165, 1.54) is 11.1 Å². The van der Waals surface area contributed by atoms with Crippen molar-refractivity contribution in [3.05, 3.63) is 29.3 Å². The number of aryl methyl sites for hydroxylation is 2. The van der Waals surface area contributed by atoms with Gasteiger partial charge in [0, 0.05) is 12.3 Å². The Hall–Kier alpha value is -1.92. The Morgan fingerprint density at radius 1 is 1.18 bits per heavy atom. The summed E-state index contributed by atoms with van der Waals surface area (Å²) >= 11 is 0. The highest BCUT2D eigenvalue weighted by Crippen LogP contribution is 2.25. The Morgan fingerprint density at radius 2 is 1.96 bits per heavy atom. The zero-order chi connectivity index (χ0) is 20.1. The second kappa shape index (κ2) is 9.52. The fraction of sp³-hybridized carbons (Fsp3) is 0.636. The van der Waals surface area contributed by atoms with E-state index in [0.717, 1.165) is 44.4 Å². The molecule has 0 spiro atoms. The van der Waals surface area contributed by atoms with Gasteiger partial charge in [-0.05, 0) is 68.2 Å². The topological polar surface area (TPSA) is 73.9 Å². The normalized spacial score (nSPS) is 20.6. The fourth-order valence-electron chi connectivity index (χ4n) is 3.67. The zero-order valence-electron chi connectivity index (χ0n) is 17.0. The van der Waals surface area contributed by atoms with Crippen molar-refractivity contribution in [3.8, 4) is 0 Å². The van der Waals surface area contributed by atoms with Gasteiger partial charge in [-0.3, -0.25) is 4.79 Å². The lowest BCUT2D eigenvalue weighted by atomic mass is 10.1. The van der Waals surface area contributed by atoms with Crippen LogP contribution in [0.25, 0.3) is 0 Å². The maximum absolute atomic E-state index is 12.7. The fourth-order valence-corrected chi connectivity index (χ4v) is 3.67. The minimum Gasteiger partial charge on any atom is -0.450 e. The lowest BCUT2D eigenvalue weighted by Crippen LogP contribution is -2.39. The number of rotatable bonds is 8. The SMILES string of the molecule is CC(OCC1CCCO1)C(=O)OC(C(=O)Nc1ccc2c(c1)CCC2)C(C)C. The van der Waals surface area contributed by atoms with Crippen molar-refractivity contribution in [2.45, 2.75) is 71.2 Å². The first-order valence-corrected chi connectivity index (χ1v) is 10.3. The van der Waals surface area contributed by atoms with Crippen molar-refractivity contribution in [2.24, 2.45) is 5.92 Å². The number of carbonyl (C=O) groups excluding carboxylic acids is 2. The molecule has 154 valence electrons. The van der Waals surface area contributed by atoms with Crippen LogP contribution in [-0.2, 0) is 36.6 Å². The van der Waals surface area contributed by atoms with Gasteiger partial charge in [-0.15, -0.1) is 0 Å². The third-order valence-electron chi connectivity index (χ3n) is 5.36. The van der Waals surface area contributed by atoms with Gasteiger partial charge in [0.2, 0.25) is 0 Å². The molecule has 0 bridgehead atoms. The molecule has 1 amide bonds. The molecule has 1 aromatic carbocycles. The number of nitrogens with one attached hydrogen (secondary N) is 1. The van der Waals surface area contributed by atoms with Gasteiger partial charge >= 0.3 is 5.97 Å². The highest BCUT2D eigenvalue weighted by molar-refractivity contribution is 5.95. The number of carbonyl (C=O) groups is 2. The summed E-state index contributed by atoms with van der Waals surface area (Å²) in [7, 11) is 0. The predicted octanol–water partition coefficient (Wildman–Crippen LogP) is 3.27. The maximum Gasteiger partial charge on any atom is 0.335 e. The third kappa shape index (κ3) is 5.32. The standard InChI is InChI=1S/C22H31NO5/c1-14(2)20(28-22(25)15(3)27-13-19-8-5-11-26-19)21(24)23-18-10-9-16-6-4-7-17(16)12-18/h9-10,12,14-15,19-20H,4-8,11,13H2,1-3H3,(H,23,24). The zero-order valence-corrected chi connectivity index (χ0v) is 17.0. The van der Waals surface area contributed by atoms with Crippen molar-refractivity contribution >= 4 is 17.6 Å². The van der Waals surface area contributed by atoms with E-state index in [-0.39, 0.29) is 17.9 Å². The van der Waals surface area contributed by atoms with E-state index in [1.54, 1.807) is 6.92 Å². The Bertz CT molecular complexity index is 696. The quantitative estimate of drug-likeness (QED) is 0.691. The van der Waals surface area contributed by atoms with Gasteiger partial charge in [-0.25, -0.2) is 4.79 Å². The molecule has 1 heterocycles. The van der Waals surface area contributed by atoms with Gasteiger partial charge in [0.1, 0.15) is 0 Å². The molecule has 6 nitrogen and oxygen atoms in total. The van der Waals surface area contributed by atoms with Crippen molar-refractivity contribution in [3.63, 3.8) is 0 Å². The molecule has 1 aliphatic carbocycles. The molecule has 3 atom stereocenters. The van der Waals surface area contributed by atoms with Crippen LogP contribution in [0.5, 0.6) is 0 Å². The molecule has 6 heteroatoms. The second-order valence-electron chi connectivity index (χ2n) is 8.04. The molecule has 0 aromatic heterocycles. The van der Waals surface area contributed by atoms with Gasteiger partial charge in [-0.1, -0.05) is 19.9 Å². The summed E-state index contributed by atoms with van der Waals surface area (Å²) in [5.74, 6) is -0.989. The predicted molar refractivity (Wildman–Crippen MR) is 106 cm³/mol. The average Bonchev–Trinajstić information content (AvgIpc) is 3.34. The number of benzene rings is 1. The van der Waals surface area contributed by atoms with Crippen molar-refractivity contribution in [1.82, 2.24) is 0 Å². The lowest BCUT2D eigenvalue weighted by molar-refractivity contribution is -0.168. The van der Waals surface area contributed by atoms with E-state index in [0.29, 0.717) is 6.61 Å². The third-order valence-corrected chi connectivity index (χ3v) is 5.36. The molecule has 28 heavy (non-hydrogen) atoms. The summed E-state index contributed by atoms with van der Waals surface area (Å²) in [5, 5.41) is 2.90. The molecule has 2 aliphatic rings. The Labute approximate surface area is 166 Å². The number of hydrogen-bond donors (Lipinski definition) is 1. The number of hydrogen-bond acceptors (Lipinski definition) is 5. The molecule has 1 saturated heterocycles. The van der Waals surface area contributed by atoms with E-state index in [4.69, 9.17) is 14.2 Å². The summed E-state index contributed by atoms with van der Waals surface area (Å²) in [6.07, 6.45) is 3.70. The molecule has 1 fully saturated rings. The monoisotopic (exact) mass is 389 g/mol. The molecule has 1 aromatic rings. The first-order chi connectivity index (χ1) is 13.4. The van der Waals surface area contributed by atoms with Gasteiger partial charge in [-0.2, -0.15) is 0 Å².